The molecule has 0 aliphatic carbocycles. The molecule has 0 bridgehead atoms. The molecule has 0 amide bonds. The van der Waals surface area contributed by atoms with E-state index >= 15 is 0 Å². The normalized spacial score (nSPS) is 16.7. The molecule has 1 heterocycles. The standard InChI is InChI=1S/C20H22N2O2/c21-12-17-6-1-2-7-18(17)15-24-19-8-3-5-16(11-19)13-22-14-20-9-4-10-23-20/h1-3,5-8,11,20,22H,4,9-10,13-15H2. The monoisotopic (exact) mass is 322 g/mol. The molecule has 0 aromatic heterocycles. The zero-order valence-corrected chi connectivity index (χ0v) is 13.7. The van der Waals surface area contributed by atoms with Crippen molar-refractivity contribution in [2.24, 2.45) is 0 Å². The summed E-state index contributed by atoms with van der Waals surface area (Å²) in [6.45, 7) is 2.98. The summed E-state index contributed by atoms with van der Waals surface area (Å²) in [5.74, 6) is 0.819. The number of ether oxygens (including phenoxy) is 2. The number of nitrogens with one attached hydrogen (secondary N) is 1. The first-order valence-electron chi connectivity index (χ1n) is 8.37. The van der Waals surface area contributed by atoms with Crippen LogP contribution in [0.25, 0.3) is 0 Å². The zero-order valence-electron chi connectivity index (χ0n) is 13.7. The highest BCUT2D eigenvalue weighted by molar-refractivity contribution is 5.37. The number of hydrogen-bond donors (Lipinski definition) is 1. The van der Waals surface area contributed by atoms with Crippen LogP contribution in [-0.2, 0) is 17.9 Å². The van der Waals surface area contributed by atoms with Gasteiger partial charge in [-0.15, -0.1) is 0 Å². The van der Waals surface area contributed by atoms with Crippen molar-refractivity contribution in [3.05, 3.63) is 65.2 Å². The van der Waals surface area contributed by atoms with E-state index in [-0.39, 0.29) is 0 Å². The largest absolute Gasteiger partial charge is 0.489 e. The van der Waals surface area contributed by atoms with Crippen LogP contribution in [0.2, 0.25) is 0 Å². The van der Waals surface area contributed by atoms with Gasteiger partial charge in [0.2, 0.25) is 0 Å². The average Bonchev–Trinajstić information content (AvgIpc) is 3.14. The fourth-order valence-electron chi connectivity index (χ4n) is 2.84. The van der Waals surface area contributed by atoms with Gasteiger partial charge in [-0.05, 0) is 36.6 Å². The van der Waals surface area contributed by atoms with Crippen LogP contribution in [0.4, 0.5) is 0 Å². The second-order valence-corrected chi connectivity index (χ2v) is 5.97. The first-order chi connectivity index (χ1) is 11.8. The van der Waals surface area contributed by atoms with Crippen LogP contribution in [0.3, 0.4) is 0 Å². The molecule has 1 aliphatic heterocycles. The van der Waals surface area contributed by atoms with E-state index in [1.807, 2.05) is 42.5 Å². The number of rotatable bonds is 7. The summed E-state index contributed by atoms with van der Waals surface area (Å²) >= 11 is 0. The van der Waals surface area contributed by atoms with E-state index in [0.717, 1.165) is 37.4 Å². The Morgan fingerprint density at radius 3 is 2.96 bits per heavy atom. The summed E-state index contributed by atoms with van der Waals surface area (Å²) in [4.78, 5) is 0. The van der Waals surface area contributed by atoms with Crippen molar-refractivity contribution in [1.82, 2.24) is 5.32 Å². The summed E-state index contributed by atoms with van der Waals surface area (Å²) < 4.78 is 11.5. The predicted octanol–water partition coefficient (Wildman–Crippen LogP) is 3.41. The highest BCUT2D eigenvalue weighted by atomic mass is 16.5. The molecule has 2 aromatic rings. The predicted molar refractivity (Wildman–Crippen MR) is 92.6 cm³/mol. The molecule has 124 valence electrons. The van der Waals surface area contributed by atoms with E-state index in [4.69, 9.17) is 14.7 Å². The first-order valence-corrected chi connectivity index (χ1v) is 8.37. The van der Waals surface area contributed by atoms with Gasteiger partial charge < -0.3 is 14.8 Å². The van der Waals surface area contributed by atoms with Gasteiger partial charge in [0.25, 0.3) is 0 Å². The molecular weight excluding hydrogens is 300 g/mol. The van der Waals surface area contributed by atoms with Crippen LogP contribution in [0.1, 0.15) is 29.5 Å². The van der Waals surface area contributed by atoms with Crippen LogP contribution >= 0.6 is 0 Å². The Morgan fingerprint density at radius 1 is 1.21 bits per heavy atom. The van der Waals surface area contributed by atoms with Crippen molar-refractivity contribution in [3.63, 3.8) is 0 Å². The van der Waals surface area contributed by atoms with Crippen LogP contribution in [-0.4, -0.2) is 19.3 Å². The third-order valence-corrected chi connectivity index (χ3v) is 4.16. The SMILES string of the molecule is N#Cc1ccccc1COc1cccc(CNCC2CCCO2)c1. The van der Waals surface area contributed by atoms with Gasteiger partial charge in [-0.1, -0.05) is 30.3 Å². The molecule has 1 unspecified atom stereocenters. The second kappa shape index (κ2) is 8.49. The Bertz CT molecular complexity index is 703. The summed E-state index contributed by atoms with van der Waals surface area (Å²) in [6, 6.07) is 17.8. The maximum atomic E-state index is 9.12. The van der Waals surface area contributed by atoms with Crippen molar-refractivity contribution >= 4 is 0 Å². The van der Waals surface area contributed by atoms with Crippen LogP contribution < -0.4 is 10.1 Å². The molecular formula is C20H22N2O2. The number of hydrogen-bond acceptors (Lipinski definition) is 4. The number of benzene rings is 2. The fourth-order valence-corrected chi connectivity index (χ4v) is 2.84. The van der Waals surface area contributed by atoms with Crippen molar-refractivity contribution in [2.45, 2.75) is 32.1 Å². The minimum atomic E-state index is 0.354. The third kappa shape index (κ3) is 4.58. The van der Waals surface area contributed by atoms with E-state index < -0.39 is 0 Å². The molecule has 24 heavy (non-hydrogen) atoms. The van der Waals surface area contributed by atoms with Crippen molar-refractivity contribution in [2.75, 3.05) is 13.2 Å². The molecule has 3 rings (SSSR count). The molecule has 0 saturated carbocycles. The second-order valence-electron chi connectivity index (χ2n) is 5.97. The summed E-state index contributed by atoms with van der Waals surface area (Å²) in [7, 11) is 0. The highest BCUT2D eigenvalue weighted by Gasteiger charge is 2.14. The molecule has 1 fully saturated rings. The fraction of sp³-hybridized carbons (Fsp3) is 0.350. The number of nitrogens with zero attached hydrogens (tertiary/aromatic N) is 1. The van der Waals surface area contributed by atoms with E-state index in [1.165, 1.54) is 12.0 Å². The van der Waals surface area contributed by atoms with Crippen molar-refractivity contribution in [3.8, 4) is 11.8 Å². The molecule has 1 atom stereocenters. The Kier molecular flexibility index (Phi) is 5.84. The summed E-state index contributed by atoms with van der Waals surface area (Å²) in [6.07, 6.45) is 2.67. The van der Waals surface area contributed by atoms with Gasteiger partial charge in [0.15, 0.2) is 0 Å². The first kappa shape index (κ1) is 16.5. The van der Waals surface area contributed by atoms with Crippen LogP contribution in [0.15, 0.2) is 48.5 Å². The number of nitriles is 1. The van der Waals surface area contributed by atoms with E-state index in [9.17, 15) is 0 Å². The molecule has 4 nitrogen and oxygen atoms in total. The topological polar surface area (TPSA) is 54.3 Å². The van der Waals surface area contributed by atoms with Gasteiger partial charge in [0, 0.05) is 25.3 Å². The van der Waals surface area contributed by atoms with Gasteiger partial charge >= 0.3 is 0 Å². The summed E-state index contributed by atoms with van der Waals surface area (Å²) in [5.41, 5.74) is 2.74. The Hall–Kier alpha value is -2.35. The quantitative estimate of drug-likeness (QED) is 0.849. The maximum absolute atomic E-state index is 9.12. The van der Waals surface area contributed by atoms with Gasteiger partial charge in [-0.25, -0.2) is 0 Å². The Labute approximate surface area is 143 Å². The van der Waals surface area contributed by atoms with E-state index in [2.05, 4.69) is 17.5 Å². The zero-order chi connectivity index (χ0) is 16.6. The van der Waals surface area contributed by atoms with Gasteiger partial charge in [0.05, 0.1) is 17.7 Å². The minimum Gasteiger partial charge on any atom is -0.489 e. The van der Waals surface area contributed by atoms with Gasteiger partial charge in [-0.2, -0.15) is 5.26 Å². The average molecular weight is 322 g/mol. The van der Waals surface area contributed by atoms with Crippen LogP contribution in [0, 0.1) is 11.3 Å². The minimum absolute atomic E-state index is 0.354. The summed E-state index contributed by atoms with van der Waals surface area (Å²) in [5, 5.41) is 12.6. The Morgan fingerprint density at radius 2 is 2.12 bits per heavy atom. The lowest BCUT2D eigenvalue weighted by atomic mass is 10.1. The van der Waals surface area contributed by atoms with Crippen LogP contribution in [0.5, 0.6) is 5.75 Å². The lowest BCUT2D eigenvalue weighted by molar-refractivity contribution is 0.110. The molecule has 0 radical (unpaired) electrons. The molecule has 2 aromatic carbocycles. The van der Waals surface area contributed by atoms with Gasteiger partial charge in [-0.3, -0.25) is 0 Å². The third-order valence-electron chi connectivity index (χ3n) is 4.16. The van der Waals surface area contributed by atoms with E-state index in [1.54, 1.807) is 0 Å². The lowest BCUT2D eigenvalue weighted by Gasteiger charge is -2.12. The van der Waals surface area contributed by atoms with Crippen molar-refractivity contribution in [1.29, 1.82) is 5.26 Å². The highest BCUT2D eigenvalue weighted by Crippen LogP contribution is 2.17. The maximum Gasteiger partial charge on any atom is 0.120 e. The van der Waals surface area contributed by atoms with Crippen molar-refractivity contribution < 1.29 is 9.47 Å². The van der Waals surface area contributed by atoms with E-state index in [0.29, 0.717) is 18.3 Å². The molecule has 1 N–H and O–H groups in total. The Balaban J connectivity index is 1.52. The smallest absolute Gasteiger partial charge is 0.120 e. The van der Waals surface area contributed by atoms with Gasteiger partial charge in [0.1, 0.15) is 12.4 Å². The molecule has 1 saturated heterocycles. The molecule has 1 aliphatic rings. The molecule has 4 heteroatoms. The lowest BCUT2D eigenvalue weighted by Crippen LogP contribution is -2.25. The molecule has 0 spiro atoms.